The summed E-state index contributed by atoms with van der Waals surface area (Å²) in [5.41, 5.74) is 1.67. The van der Waals surface area contributed by atoms with Gasteiger partial charge in [-0.15, -0.1) is 0 Å². The molecule has 0 amide bonds. The Morgan fingerprint density at radius 1 is 1.12 bits per heavy atom. The van der Waals surface area contributed by atoms with Crippen molar-refractivity contribution in [2.45, 2.75) is 52.9 Å². The molecule has 0 fully saturated rings. The van der Waals surface area contributed by atoms with Crippen LogP contribution in [0.1, 0.15) is 53.0 Å². The summed E-state index contributed by atoms with van der Waals surface area (Å²) in [6.45, 7) is 11.3. The summed E-state index contributed by atoms with van der Waals surface area (Å²) in [7, 11) is 0. The zero-order valence-corrected chi connectivity index (χ0v) is 11.2. The van der Waals surface area contributed by atoms with Crippen LogP contribution in [0.2, 0.25) is 0 Å². The normalized spacial score (nSPS) is 12.8. The number of aromatic hydroxyl groups is 1. The smallest absolute Gasteiger partial charge is 0.115 e. The van der Waals surface area contributed by atoms with E-state index in [0.29, 0.717) is 11.2 Å². The maximum atomic E-state index is 9.53. The van der Waals surface area contributed by atoms with E-state index in [2.05, 4.69) is 40.7 Å². The number of hydrogen-bond donors (Lipinski definition) is 1. The molecule has 0 atom stereocenters. The van der Waals surface area contributed by atoms with Gasteiger partial charge in [-0.25, -0.2) is 0 Å². The lowest BCUT2D eigenvalue weighted by Gasteiger charge is -2.35. The van der Waals surface area contributed by atoms with Crippen molar-refractivity contribution in [1.82, 2.24) is 0 Å². The molecule has 1 aromatic carbocycles. The van der Waals surface area contributed by atoms with E-state index in [4.69, 9.17) is 0 Å². The monoisotopic (exact) mass is 220 g/mol. The van der Waals surface area contributed by atoms with E-state index < -0.39 is 0 Å². The minimum atomic E-state index is 0.109. The lowest BCUT2D eigenvalue weighted by molar-refractivity contribution is 0.248. The van der Waals surface area contributed by atoms with Crippen molar-refractivity contribution >= 4 is 0 Å². The second-order valence-corrected chi connectivity index (χ2v) is 6.13. The second kappa shape index (κ2) is 4.48. The molecule has 1 rings (SSSR count). The van der Waals surface area contributed by atoms with Gasteiger partial charge in [-0.3, -0.25) is 0 Å². The van der Waals surface area contributed by atoms with Gasteiger partial charge in [0.1, 0.15) is 5.75 Å². The average molecular weight is 220 g/mol. The average Bonchev–Trinajstić information content (AvgIpc) is 2.16. The minimum Gasteiger partial charge on any atom is -0.508 e. The summed E-state index contributed by atoms with van der Waals surface area (Å²) in [4.78, 5) is 0. The predicted molar refractivity (Wildman–Crippen MR) is 69.8 cm³/mol. The first kappa shape index (κ1) is 13.1. The molecule has 0 saturated carbocycles. The Bertz CT molecular complexity index is 350. The fourth-order valence-electron chi connectivity index (χ4n) is 2.35. The third-order valence-electron chi connectivity index (χ3n) is 3.51. The molecule has 1 nitrogen and oxygen atoms in total. The highest BCUT2D eigenvalue weighted by molar-refractivity contribution is 5.32. The number of hydrogen-bond acceptors (Lipinski definition) is 1. The molecule has 0 aliphatic rings. The molecule has 0 aromatic heterocycles. The van der Waals surface area contributed by atoms with Crippen molar-refractivity contribution < 1.29 is 5.11 Å². The molecule has 0 heterocycles. The Hall–Kier alpha value is -0.980. The third-order valence-corrected chi connectivity index (χ3v) is 3.51. The van der Waals surface area contributed by atoms with Gasteiger partial charge in [-0.2, -0.15) is 0 Å². The molecule has 16 heavy (non-hydrogen) atoms. The highest BCUT2D eigenvalue weighted by atomic mass is 16.3. The van der Waals surface area contributed by atoms with Crippen molar-refractivity contribution in [2.75, 3.05) is 0 Å². The Morgan fingerprint density at radius 2 is 1.75 bits per heavy atom. The van der Waals surface area contributed by atoms with E-state index in [1.807, 2.05) is 12.1 Å². The summed E-state index contributed by atoms with van der Waals surface area (Å²) in [6.07, 6.45) is 2.30. The van der Waals surface area contributed by atoms with Gasteiger partial charge in [0.2, 0.25) is 0 Å². The summed E-state index contributed by atoms with van der Waals surface area (Å²) < 4.78 is 0. The van der Waals surface area contributed by atoms with E-state index in [0.717, 1.165) is 6.42 Å². The standard InChI is InChI=1S/C15H24O/c1-6-14(2,3)11-15(4,5)12-8-7-9-13(16)10-12/h7-10,16H,6,11H2,1-5H3. The van der Waals surface area contributed by atoms with Crippen molar-refractivity contribution in [3.05, 3.63) is 29.8 Å². The van der Waals surface area contributed by atoms with E-state index >= 15 is 0 Å². The number of benzene rings is 1. The zero-order valence-electron chi connectivity index (χ0n) is 11.2. The molecule has 0 aliphatic carbocycles. The summed E-state index contributed by atoms with van der Waals surface area (Å²) >= 11 is 0. The van der Waals surface area contributed by atoms with Gasteiger partial charge < -0.3 is 5.11 Å². The van der Waals surface area contributed by atoms with Gasteiger partial charge in [0.25, 0.3) is 0 Å². The van der Waals surface area contributed by atoms with Crippen molar-refractivity contribution in [1.29, 1.82) is 0 Å². The maximum absolute atomic E-state index is 9.53. The van der Waals surface area contributed by atoms with Crippen LogP contribution in [0.4, 0.5) is 0 Å². The van der Waals surface area contributed by atoms with Gasteiger partial charge in [0.05, 0.1) is 0 Å². The van der Waals surface area contributed by atoms with E-state index in [-0.39, 0.29) is 5.41 Å². The van der Waals surface area contributed by atoms with Crippen LogP contribution >= 0.6 is 0 Å². The van der Waals surface area contributed by atoms with Crippen molar-refractivity contribution in [3.63, 3.8) is 0 Å². The lowest BCUT2D eigenvalue weighted by Crippen LogP contribution is -2.26. The molecule has 1 heteroatoms. The Balaban J connectivity index is 2.93. The van der Waals surface area contributed by atoms with Gasteiger partial charge in [-0.1, -0.05) is 53.2 Å². The van der Waals surface area contributed by atoms with E-state index in [1.54, 1.807) is 6.07 Å². The molecule has 0 saturated heterocycles. The summed E-state index contributed by atoms with van der Waals surface area (Å²) in [5.74, 6) is 0.361. The summed E-state index contributed by atoms with van der Waals surface area (Å²) in [6, 6.07) is 7.63. The van der Waals surface area contributed by atoms with Crippen LogP contribution < -0.4 is 0 Å². The minimum absolute atomic E-state index is 0.109. The van der Waals surface area contributed by atoms with Gasteiger partial charge >= 0.3 is 0 Å². The van der Waals surface area contributed by atoms with Crippen LogP contribution in [0, 0.1) is 5.41 Å². The molecule has 0 radical (unpaired) electrons. The molecule has 0 spiro atoms. The SMILES string of the molecule is CCC(C)(C)CC(C)(C)c1cccc(O)c1. The van der Waals surface area contributed by atoms with Gasteiger partial charge in [0, 0.05) is 0 Å². The Morgan fingerprint density at radius 3 is 2.25 bits per heavy atom. The molecular formula is C15H24O. The Kier molecular flexibility index (Phi) is 3.67. The maximum Gasteiger partial charge on any atom is 0.115 e. The fraction of sp³-hybridized carbons (Fsp3) is 0.600. The highest BCUT2D eigenvalue weighted by Gasteiger charge is 2.29. The topological polar surface area (TPSA) is 20.2 Å². The third kappa shape index (κ3) is 3.26. The number of phenolic OH excluding ortho intramolecular Hbond substituents is 1. The predicted octanol–water partition coefficient (Wildman–Crippen LogP) is 4.50. The lowest BCUT2D eigenvalue weighted by atomic mass is 9.70. The first-order chi connectivity index (χ1) is 7.27. The van der Waals surface area contributed by atoms with Crippen LogP contribution in [0.25, 0.3) is 0 Å². The van der Waals surface area contributed by atoms with E-state index in [9.17, 15) is 5.11 Å². The molecule has 0 aliphatic heterocycles. The van der Waals surface area contributed by atoms with Crippen LogP contribution in [0.3, 0.4) is 0 Å². The summed E-state index contributed by atoms with van der Waals surface area (Å²) in [5, 5.41) is 9.53. The number of rotatable bonds is 4. The Labute approximate surface area is 99.5 Å². The molecule has 1 N–H and O–H groups in total. The number of phenols is 1. The van der Waals surface area contributed by atoms with Gasteiger partial charge in [0.15, 0.2) is 0 Å². The molecule has 90 valence electrons. The molecule has 0 bridgehead atoms. The molecular weight excluding hydrogens is 196 g/mol. The fourth-order valence-corrected chi connectivity index (χ4v) is 2.35. The van der Waals surface area contributed by atoms with E-state index in [1.165, 1.54) is 12.0 Å². The van der Waals surface area contributed by atoms with Gasteiger partial charge in [-0.05, 0) is 34.9 Å². The van der Waals surface area contributed by atoms with Crippen molar-refractivity contribution in [2.24, 2.45) is 5.41 Å². The second-order valence-electron chi connectivity index (χ2n) is 6.13. The molecule has 1 aromatic rings. The first-order valence-corrected chi connectivity index (χ1v) is 6.06. The van der Waals surface area contributed by atoms with Crippen LogP contribution in [0.5, 0.6) is 5.75 Å². The van der Waals surface area contributed by atoms with Crippen LogP contribution in [0.15, 0.2) is 24.3 Å². The largest absolute Gasteiger partial charge is 0.508 e. The highest BCUT2D eigenvalue weighted by Crippen LogP contribution is 2.38. The van der Waals surface area contributed by atoms with Crippen LogP contribution in [-0.2, 0) is 5.41 Å². The first-order valence-electron chi connectivity index (χ1n) is 6.06. The van der Waals surface area contributed by atoms with Crippen molar-refractivity contribution in [3.8, 4) is 5.75 Å². The quantitative estimate of drug-likeness (QED) is 0.792. The zero-order chi connectivity index (χ0) is 12.4. The molecule has 0 unspecified atom stereocenters. The van der Waals surface area contributed by atoms with Crippen LogP contribution in [-0.4, -0.2) is 5.11 Å².